The van der Waals surface area contributed by atoms with Gasteiger partial charge in [0.25, 0.3) is 0 Å². The predicted molar refractivity (Wildman–Crippen MR) is 172 cm³/mol. The Kier molecular flexibility index (Phi) is 9.81. The molecule has 0 unspecified atom stereocenters. The van der Waals surface area contributed by atoms with Crippen molar-refractivity contribution in [3.05, 3.63) is 48.1 Å². The van der Waals surface area contributed by atoms with Crippen LogP contribution in [0.2, 0.25) is 5.02 Å². The number of fused-ring (bicyclic) bond motifs is 1. The van der Waals surface area contributed by atoms with E-state index in [1.807, 2.05) is 26.8 Å². The lowest BCUT2D eigenvalue weighted by molar-refractivity contribution is -0.150. The lowest BCUT2D eigenvalue weighted by atomic mass is 9.85. The van der Waals surface area contributed by atoms with E-state index in [2.05, 4.69) is 22.2 Å². The molecule has 12 heteroatoms. The van der Waals surface area contributed by atoms with Crippen LogP contribution in [0.15, 0.2) is 43.1 Å². The number of esters is 1. The number of carbonyl (C=O) groups excluding carboxylic acids is 4. The summed E-state index contributed by atoms with van der Waals surface area (Å²) in [6.07, 6.45) is 5.87. The Morgan fingerprint density at radius 2 is 1.91 bits per heavy atom. The van der Waals surface area contributed by atoms with E-state index >= 15 is 0 Å². The van der Waals surface area contributed by atoms with Gasteiger partial charge in [-0.25, -0.2) is 9.59 Å². The summed E-state index contributed by atoms with van der Waals surface area (Å²) in [5.41, 5.74) is -1.32. The molecule has 2 saturated carbocycles. The molecule has 2 aliphatic carbocycles. The SMILES string of the molecule is C=C[C@@H]1C[C@]1(NC(=O)[C@@H]1C[C@@H](Oc2ccnc3cc(Cl)ccc23)CN1C(=O)[C@@H](NC(=O)OC1CCCC1)C(C)(C)C)C(=O)OCC. The van der Waals surface area contributed by atoms with Gasteiger partial charge in [-0.1, -0.05) is 38.4 Å². The van der Waals surface area contributed by atoms with E-state index in [4.69, 9.17) is 25.8 Å². The van der Waals surface area contributed by atoms with Crippen LogP contribution in [0.25, 0.3) is 10.9 Å². The molecule has 5 atom stereocenters. The Balaban J connectivity index is 1.42. The molecule has 1 aromatic carbocycles. The van der Waals surface area contributed by atoms with Gasteiger partial charge >= 0.3 is 12.1 Å². The molecule has 11 nitrogen and oxygen atoms in total. The zero-order valence-corrected chi connectivity index (χ0v) is 27.6. The molecule has 0 spiro atoms. The van der Waals surface area contributed by atoms with Gasteiger partial charge in [0, 0.05) is 28.9 Å². The average molecular weight is 655 g/mol. The van der Waals surface area contributed by atoms with Crippen LogP contribution < -0.4 is 15.4 Å². The Morgan fingerprint density at radius 3 is 2.57 bits per heavy atom. The highest BCUT2D eigenvalue weighted by atomic mass is 35.5. The molecule has 1 aromatic heterocycles. The van der Waals surface area contributed by atoms with Crippen molar-refractivity contribution in [3.63, 3.8) is 0 Å². The van der Waals surface area contributed by atoms with Crippen molar-refractivity contribution in [2.45, 2.75) is 96.1 Å². The third-order valence-electron chi connectivity index (χ3n) is 9.04. The van der Waals surface area contributed by atoms with Gasteiger partial charge in [-0.05, 0) is 68.7 Å². The lowest BCUT2D eigenvalue weighted by Crippen LogP contribution is -2.59. The summed E-state index contributed by atoms with van der Waals surface area (Å²) in [6.45, 7) is 11.3. The van der Waals surface area contributed by atoms with Crippen LogP contribution in [-0.4, -0.2) is 76.7 Å². The second-order valence-corrected chi connectivity index (χ2v) is 13.9. The molecule has 3 aliphatic rings. The number of ether oxygens (including phenoxy) is 3. The van der Waals surface area contributed by atoms with Crippen molar-refractivity contribution >= 4 is 46.4 Å². The monoisotopic (exact) mass is 654 g/mol. The Morgan fingerprint density at radius 1 is 1.17 bits per heavy atom. The second kappa shape index (κ2) is 13.5. The standard InChI is InChI=1S/C34H43ClN4O7/c1-6-20-18-34(20,31(42)44-7-2)38-29(40)26-17-23(45-27-14-15-36-25-16-21(35)12-13-24(25)27)19-39(26)30(41)28(33(3,4)5)37-32(43)46-22-10-8-9-11-22/h6,12-16,20,22-23,26,28H,1,7-11,17-19H2,2-5H3,(H,37,43)(H,38,40)/t20-,23-,26+,28-,34-/m1/s1. The van der Waals surface area contributed by atoms with Crippen LogP contribution in [0.3, 0.4) is 0 Å². The fourth-order valence-corrected chi connectivity index (χ4v) is 6.61. The van der Waals surface area contributed by atoms with E-state index in [1.54, 1.807) is 37.4 Å². The van der Waals surface area contributed by atoms with Crippen LogP contribution in [-0.2, 0) is 23.9 Å². The van der Waals surface area contributed by atoms with Gasteiger partial charge in [-0.2, -0.15) is 0 Å². The first-order valence-corrected chi connectivity index (χ1v) is 16.3. The van der Waals surface area contributed by atoms with E-state index in [0.29, 0.717) is 22.7 Å². The van der Waals surface area contributed by atoms with Crippen molar-refractivity contribution in [2.24, 2.45) is 11.3 Å². The summed E-state index contributed by atoms with van der Waals surface area (Å²) < 4.78 is 17.3. The quantitative estimate of drug-likeness (QED) is 0.272. The molecular weight excluding hydrogens is 612 g/mol. The van der Waals surface area contributed by atoms with Gasteiger partial charge in [-0.3, -0.25) is 14.6 Å². The number of amides is 3. The van der Waals surface area contributed by atoms with E-state index in [-0.39, 0.29) is 31.6 Å². The van der Waals surface area contributed by atoms with Gasteiger partial charge in [0.2, 0.25) is 11.8 Å². The largest absolute Gasteiger partial charge is 0.488 e. The van der Waals surface area contributed by atoms with Gasteiger partial charge < -0.3 is 29.7 Å². The predicted octanol–water partition coefficient (Wildman–Crippen LogP) is 4.94. The number of alkyl carbamates (subject to hydrolysis) is 1. The van der Waals surface area contributed by atoms with Gasteiger partial charge in [0.05, 0.1) is 18.7 Å². The number of benzene rings is 1. The fraction of sp³-hybridized carbons (Fsp3) is 0.559. The first kappa shape index (κ1) is 33.5. The van der Waals surface area contributed by atoms with E-state index in [0.717, 1.165) is 31.1 Å². The number of hydrogen-bond donors (Lipinski definition) is 2. The molecule has 2 aromatic rings. The Labute approximate surface area is 274 Å². The fourth-order valence-electron chi connectivity index (χ4n) is 6.44. The summed E-state index contributed by atoms with van der Waals surface area (Å²) in [6, 6.07) is 5.01. The highest BCUT2D eigenvalue weighted by molar-refractivity contribution is 6.31. The van der Waals surface area contributed by atoms with Crippen molar-refractivity contribution in [1.82, 2.24) is 20.5 Å². The Hall–Kier alpha value is -3.86. The van der Waals surface area contributed by atoms with Crippen LogP contribution in [0.5, 0.6) is 5.75 Å². The molecule has 0 bridgehead atoms. The zero-order valence-electron chi connectivity index (χ0n) is 26.8. The smallest absolute Gasteiger partial charge is 0.408 e. The van der Waals surface area contributed by atoms with Crippen LogP contribution >= 0.6 is 11.6 Å². The molecule has 248 valence electrons. The third kappa shape index (κ3) is 7.09. The van der Waals surface area contributed by atoms with Crippen LogP contribution in [0, 0.1) is 11.3 Å². The van der Waals surface area contributed by atoms with E-state index in [9.17, 15) is 19.2 Å². The van der Waals surface area contributed by atoms with Crippen LogP contribution in [0.1, 0.15) is 66.2 Å². The summed E-state index contributed by atoms with van der Waals surface area (Å²) in [5.74, 6) is -1.26. The minimum Gasteiger partial charge on any atom is -0.488 e. The van der Waals surface area contributed by atoms with Crippen molar-refractivity contribution in [3.8, 4) is 5.75 Å². The zero-order chi connectivity index (χ0) is 33.2. The molecule has 1 aliphatic heterocycles. The minimum absolute atomic E-state index is 0.0670. The van der Waals surface area contributed by atoms with Gasteiger partial charge in [-0.15, -0.1) is 6.58 Å². The van der Waals surface area contributed by atoms with Gasteiger partial charge in [0.15, 0.2) is 0 Å². The number of aromatic nitrogens is 1. The molecular formula is C34H43ClN4O7. The highest BCUT2D eigenvalue weighted by Crippen LogP contribution is 2.46. The van der Waals surface area contributed by atoms with Crippen molar-refractivity contribution in [1.29, 1.82) is 0 Å². The van der Waals surface area contributed by atoms with Crippen molar-refractivity contribution in [2.75, 3.05) is 13.2 Å². The van der Waals surface area contributed by atoms with E-state index in [1.165, 1.54) is 4.90 Å². The first-order valence-electron chi connectivity index (χ1n) is 16.0. The summed E-state index contributed by atoms with van der Waals surface area (Å²) in [5, 5.41) is 6.95. The summed E-state index contributed by atoms with van der Waals surface area (Å²) in [7, 11) is 0. The topological polar surface area (TPSA) is 136 Å². The number of likely N-dealkylation sites (tertiary alicyclic amines) is 1. The maximum atomic E-state index is 14.4. The number of rotatable bonds is 10. The van der Waals surface area contributed by atoms with Crippen molar-refractivity contribution < 1.29 is 33.4 Å². The molecule has 2 N–H and O–H groups in total. The van der Waals surface area contributed by atoms with Crippen LogP contribution in [0.4, 0.5) is 4.79 Å². The number of halogens is 1. The maximum Gasteiger partial charge on any atom is 0.408 e. The molecule has 2 heterocycles. The highest BCUT2D eigenvalue weighted by Gasteiger charge is 2.62. The molecule has 3 amide bonds. The number of pyridine rings is 1. The number of carbonyl (C=O) groups is 4. The summed E-state index contributed by atoms with van der Waals surface area (Å²) >= 11 is 6.17. The third-order valence-corrected chi connectivity index (χ3v) is 9.28. The molecule has 46 heavy (non-hydrogen) atoms. The normalized spacial score (nSPS) is 25.1. The minimum atomic E-state index is -1.24. The molecule has 5 rings (SSSR count). The second-order valence-electron chi connectivity index (χ2n) is 13.4. The number of hydrogen-bond acceptors (Lipinski definition) is 8. The number of nitrogens with one attached hydrogen (secondary N) is 2. The first-order chi connectivity index (χ1) is 21.9. The lowest BCUT2D eigenvalue weighted by Gasteiger charge is -2.35. The molecule has 3 fully saturated rings. The molecule has 1 saturated heterocycles. The number of nitrogens with zero attached hydrogens (tertiary/aromatic N) is 2. The Bertz CT molecular complexity index is 1500. The summed E-state index contributed by atoms with van der Waals surface area (Å²) in [4.78, 5) is 60.1. The van der Waals surface area contributed by atoms with Gasteiger partial charge in [0.1, 0.15) is 35.6 Å². The van der Waals surface area contributed by atoms with E-state index < -0.39 is 53.0 Å². The average Bonchev–Trinajstić information content (AvgIpc) is 3.28. The molecule has 0 radical (unpaired) electrons. The maximum absolute atomic E-state index is 14.4.